The summed E-state index contributed by atoms with van der Waals surface area (Å²) in [4.78, 5) is 10.9. The third kappa shape index (κ3) is 3.44. The van der Waals surface area contributed by atoms with Crippen LogP contribution in [0, 0.1) is 19.7 Å². The SMILES string of the molecule is Cc1cc([C@H]2[C@H](c3ccccn3)NC(=S)N2c2ccc(F)cc2)c(C)n1-c1cccnc1. The number of nitrogens with one attached hydrogen (secondary N) is 1. The normalized spacial score (nSPS) is 18.1. The van der Waals surface area contributed by atoms with Gasteiger partial charge in [-0.15, -0.1) is 0 Å². The maximum absolute atomic E-state index is 13.7. The summed E-state index contributed by atoms with van der Waals surface area (Å²) in [6.45, 7) is 4.19. The summed E-state index contributed by atoms with van der Waals surface area (Å²) in [5.41, 5.74) is 6.06. The maximum atomic E-state index is 13.7. The Morgan fingerprint density at radius 3 is 2.47 bits per heavy atom. The zero-order valence-corrected chi connectivity index (χ0v) is 18.6. The van der Waals surface area contributed by atoms with E-state index in [-0.39, 0.29) is 17.9 Å². The van der Waals surface area contributed by atoms with Gasteiger partial charge in [0, 0.05) is 29.5 Å². The zero-order valence-electron chi connectivity index (χ0n) is 17.7. The van der Waals surface area contributed by atoms with Crippen molar-refractivity contribution in [2.24, 2.45) is 0 Å². The molecule has 160 valence electrons. The van der Waals surface area contributed by atoms with Crippen LogP contribution in [0.2, 0.25) is 0 Å². The summed E-state index contributed by atoms with van der Waals surface area (Å²) >= 11 is 5.76. The largest absolute Gasteiger partial charge is 0.351 e. The van der Waals surface area contributed by atoms with E-state index in [2.05, 4.69) is 44.7 Å². The monoisotopic (exact) mass is 443 g/mol. The molecule has 7 heteroatoms. The number of thiocarbonyl (C=S) groups is 1. The number of pyridine rings is 2. The van der Waals surface area contributed by atoms with Crippen molar-refractivity contribution in [2.75, 3.05) is 4.90 Å². The first-order valence-electron chi connectivity index (χ1n) is 10.4. The fourth-order valence-electron chi connectivity index (χ4n) is 4.52. The van der Waals surface area contributed by atoms with E-state index in [1.165, 1.54) is 12.1 Å². The van der Waals surface area contributed by atoms with Crippen molar-refractivity contribution in [3.05, 3.63) is 108 Å². The van der Waals surface area contributed by atoms with E-state index in [0.29, 0.717) is 5.11 Å². The topological polar surface area (TPSA) is 46.0 Å². The molecular formula is C25H22FN5S. The molecule has 5 rings (SSSR count). The number of benzene rings is 1. The van der Waals surface area contributed by atoms with Crippen LogP contribution in [0.1, 0.15) is 34.7 Å². The standard InChI is InChI=1S/C25H22FN5S/c1-16-14-21(17(2)30(16)20-6-5-12-27-15-20)24-23(22-7-3-4-13-28-22)29-25(32)31(24)19-10-8-18(26)9-11-19/h3-15,23-24H,1-2H3,(H,29,32)/t23-,24-/m0/s1. The van der Waals surface area contributed by atoms with Gasteiger partial charge in [-0.1, -0.05) is 6.07 Å². The number of halogens is 1. The number of rotatable bonds is 4. The van der Waals surface area contributed by atoms with Gasteiger partial charge >= 0.3 is 0 Å². The minimum Gasteiger partial charge on any atom is -0.351 e. The Labute approximate surface area is 191 Å². The Kier molecular flexibility index (Phi) is 5.19. The van der Waals surface area contributed by atoms with Crippen molar-refractivity contribution in [3.8, 4) is 5.69 Å². The molecule has 2 atom stereocenters. The summed E-state index contributed by atoms with van der Waals surface area (Å²) in [6, 6.07) is 18.2. The number of anilines is 1. The first kappa shape index (κ1) is 20.3. The predicted molar refractivity (Wildman–Crippen MR) is 127 cm³/mol. The molecule has 3 aromatic heterocycles. The van der Waals surface area contributed by atoms with Gasteiger partial charge in [-0.2, -0.15) is 0 Å². The Morgan fingerprint density at radius 2 is 1.78 bits per heavy atom. The average Bonchev–Trinajstić information content (AvgIpc) is 3.31. The highest BCUT2D eigenvalue weighted by Gasteiger charge is 2.42. The van der Waals surface area contributed by atoms with Crippen LogP contribution < -0.4 is 10.2 Å². The van der Waals surface area contributed by atoms with E-state index in [1.807, 2.05) is 36.5 Å². The molecule has 1 aliphatic heterocycles. The summed E-state index contributed by atoms with van der Waals surface area (Å²) in [6.07, 6.45) is 5.41. The minimum atomic E-state index is -0.278. The summed E-state index contributed by atoms with van der Waals surface area (Å²) in [5, 5.41) is 4.04. The number of aromatic nitrogens is 3. The fourth-order valence-corrected chi connectivity index (χ4v) is 4.87. The Bertz CT molecular complexity index is 1260. The zero-order chi connectivity index (χ0) is 22.2. The molecule has 0 bridgehead atoms. The molecule has 1 N–H and O–H groups in total. The van der Waals surface area contributed by atoms with E-state index in [4.69, 9.17) is 12.2 Å². The molecular weight excluding hydrogens is 421 g/mol. The second kappa shape index (κ2) is 8.16. The molecule has 4 aromatic rings. The molecule has 1 aromatic carbocycles. The highest BCUT2D eigenvalue weighted by molar-refractivity contribution is 7.80. The van der Waals surface area contributed by atoms with Crippen LogP contribution >= 0.6 is 12.2 Å². The molecule has 4 heterocycles. The van der Waals surface area contributed by atoms with Crippen molar-refractivity contribution in [1.82, 2.24) is 19.9 Å². The van der Waals surface area contributed by atoms with Gasteiger partial charge in [-0.05, 0) is 86.2 Å². The van der Waals surface area contributed by atoms with E-state index in [0.717, 1.165) is 34.0 Å². The van der Waals surface area contributed by atoms with E-state index in [1.54, 1.807) is 24.5 Å². The summed E-state index contributed by atoms with van der Waals surface area (Å²) < 4.78 is 15.9. The van der Waals surface area contributed by atoms with Gasteiger partial charge in [0.25, 0.3) is 0 Å². The van der Waals surface area contributed by atoms with Gasteiger partial charge < -0.3 is 14.8 Å². The van der Waals surface area contributed by atoms with Gasteiger partial charge in [-0.3, -0.25) is 9.97 Å². The number of aryl methyl sites for hydroxylation is 1. The lowest BCUT2D eigenvalue weighted by molar-refractivity contribution is 0.565. The van der Waals surface area contributed by atoms with Crippen LogP contribution in [-0.2, 0) is 0 Å². The van der Waals surface area contributed by atoms with Crippen LogP contribution in [-0.4, -0.2) is 19.6 Å². The Hall–Kier alpha value is -3.58. The van der Waals surface area contributed by atoms with Crippen LogP contribution in [0.25, 0.3) is 5.69 Å². The minimum absolute atomic E-state index is 0.153. The van der Waals surface area contributed by atoms with Crippen molar-refractivity contribution < 1.29 is 4.39 Å². The fraction of sp³-hybridized carbons (Fsp3) is 0.160. The predicted octanol–water partition coefficient (Wildman–Crippen LogP) is 5.20. The highest BCUT2D eigenvalue weighted by Crippen LogP contribution is 2.43. The molecule has 0 spiro atoms. The third-order valence-corrected chi connectivity index (χ3v) is 6.21. The molecule has 5 nitrogen and oxygen atoms in total. The first-order valence-corrected chi connectivity index (χ1v) is 10.8. The Balaban J connectivity index is 1.68. The van der Waals surface area contributed by atoms with Crippen molar-refractivity contribution in [1.29, 1.82) is 0 Å². The van der Waals surface area contributed by atoms with Crippen LogP contribution in [0.15, 0.2) is 79.3 Å². The van der Waals surface area contributed by atoms with Gasteiger partial charge in [0.05, 0.1) is 29.7 Å². The molecule has 0 radical (unpaired) electrons. The second-order valence-corrected chi connectivity index (χ2v) is 8.23. The lowest BCUT2D eigenvalue weighted by atomic mass is 9.96. The van der Waals surface area contributed by atoms with E-state index >= 15 is 0 Å². The average molecular weight is 444 g/mol. The maximum Gasteiger partial charge on any atom is 0.174 e. The van der Waals surface area contributed by atoms with E-state index in [9.17, 15) is 4.39 Å². The molecule has 1 aliphatic rings. The molecule has 1 saturated heterocycles. The second-order valence-electron chi connectivity index (χ2n) is 7.85. The smallest absolute Gasteiger partial charge is 0.174 e. The van der Waals surface area contributed by atoms with Crippen molar-refractivity contribution in [2.45, 2.75) is 25.9 Å². The quantitative estimate of drug-likeness (QED) is 0.439. The van der Waals surface area contributed by atoms with Crippen LogP contribution in [0.3, 0.4) is 0 Å². The number of hydrogen-bond donors (Lipinski definition) is 1. The van der Waals surface area contributed by atoms with Crippen molar-refractivity contribution in [3.63, 3.8) is 0 Å². The van der Waals surface area contributed by atoms with Crippen LogP contribution in [0.4, 0.5) is 10.1 Å². The van der Waals surface area contributed by atoms with E-state index < -0.39 is 0 Å². The van der Waals surface area contributed by atoms with Crippen LogP contribution in [0.5, 0.6) is 0 Å². The van der Waals surface area contributed by atoms with Gasteiger partial charge in [0.1, 0.15) is 5.82 Å². The number of nitrogens with zero attached hydrogens (tertiary/aromatic N) is 4. The molecule has 0 unspecified atom stereocenters. The Morgan fingerprint density at radius 1 is 0.969 bits per heavy atom. The first-order chi connectivity index (χ1) is 15.5. The third-order valence-electron chi connectivity index (χ3n) is 5.90. The number of hydrogen-bond acceptors (Lipinski definition) is 3. The highest BCUT2D eigenvalue weighted by atomic mass is 32.1. The van der Waals surface area contributed by atoms with Gasteiger partial charge in [-0.25, -0.2) is 4.39 Å². The molecule has 0 amide bonds. The summed E-state index contributed by atoms with van der Waals surface area (Å²) in [7, 11) is 0. The molecule has 1 fully saturated rings. The van der Waals surface area contributed by atoms with Crippen molar-refractivity contribution >= 4 is 23.0 Å². The molecule has 0 saturated carbocycles. The lowest BCUT2D eigenvalue weighted by Gasteiger charge is -2.28. The summed E-state index contributed by atoms with van der Waals surface area (Å²) in [5.74, 6) is -0.278. The lowest BCUT2D eigenvalue weighted by Crippen LogP contribution is -2.29. The molecule has 32 heavy (non-hydrogen) atoms. The molecule has 0 aliphatic carbocycles. The van der Waals surface area contributed by atoms with Gasteiger partial charge in [0.2, 0.25) is 0 Å². The van der Waals surface area contributed by atoms with Gasteiger partial charge in [0.15, 0.2) is 5.11 Å².